The van der Waals surface area contributed by atoms with Crippen molar-refractivity contribution in [1.29, 1.82) is 0 Å². The molecule has 0 saturated heterocycles. The predicted molar refractivity (Wildman–Crippen MR) is 83.6 cm³/mol. The van der Waals surface area contributed by atoms with Gasteiger partial charge in [0, 0.05) is 19.3 Å². The first-order valence-corrected chi connectivity index (χ1v) is 8.25. The quantitative estimate of drug-likeness (QED) is 0.859. The van der Waals surface area contributed by atoms with Crippen molar-refractivity contribution in [2.75, 3.05) is 11.9 Å². The SMILES string of the molecule is CCNc1ccc(S(=O)(=O)NCc2ccc(C)cc2)cn1. The number of nitrogens with one attached hydrogen (secondary N) is 2. The molecule has 0 aliphatic carbocycles. The minimum absolute atomic E-state index is 0.163. The lowest BCUT2D eigenvalue weighted by Gasteiger charge is -2.08. The highest BCUT2D eigenvalue weighted by Gasteiger charge is 2.14. The molecule has 0 saturated carbocycles. The predicted octanol–water partition coefficient (Wildman–Crippen LogP) is 2.30. The minimum Gasteiger partial charge on any atom is -0.370 e. The lowest BCUT2D eigenvalue weighted by atomic mass is 10.2. The number of hydrogen-bond donors (Lipinski definition) is 2. The fourth-order valence-corrected chi connectivity index (χ4v) is 2.75. The fourth-order valence-electron chi connectivity index (χ4n) is 1.79. The van der Waals surface area contributed by atoms with E-state index < -0.39 is 10.0 Å². The molecule has 0 aliphatic rings. The number of rotatable bonds is 6. The number of benzene rings is 1. The second-order valence-electron chi connectivity index (χ2n) is 4.72. The van der Waals surface area contributed by atoms with E-state index in [1.165, 1.54) is 6.20 Å². The van der Waals surface area contributed by atoms with E-state index in [1.807, 2.05) is 38.1 Å². The fraction of sp³-hybridized carbons (Fsp3) is 0.267. The highest BCUT2D eigenvalue weighted by atomic mass is 32.2. The summed E-state index contributed by atoms with van der Waals surface area (Å²) in [6.45, 7) is 4.95. The van der Waals surface area contributed by atoms with Crippen LogP contribution in [-0.4, -0.2) is 19.9 Å². The third-order valence-electron chi connectivity index (χ3n) is 2.99. The number of hydrogen-bond acceptors (Lipinski definition) is 4. The van der Waals surface area contributed by atoms with Crippen LogP contribution in [0.2, 0.25) is 0 Å². The maximum absolute atomic E-state index is 12.2. The Balaban J connectivity index is 2.05. The Morgan fingerprint density at radius 2 is 1.81 bits per heavy atom. The molecule has 1 heterocycles. The van der Waals surface area contributed by atoms with Gasteiger partial charge in [-0.3, -0.25) is 0 Å². The monoisotopic (exact) mass is 305 g/mol. The summed E-state index contributed by atoms with van der Waals surface area (Å²) in [5, 5.41) is 3.02. The van der Waals surface area contributed by atoms with Crippen molar-refractivity contribution in [3.8, 4) is 0 Å². The zero-order valence-corrected chi connectivity index (χ0v) is 12.9. The molecule has 0 bridgehead atoms. The molecule has 1 aromatic carbocycles. The Morgan fingerprint density at radius 1 is 1.10 bits per heavy atom. The number of nitrogens with zero attached hydrogens (tertiary/aromatic N) is 1. The van der Waals surface area contributed by atoms with Crippen molar-refractivity contribution in [1.82, 2.24) is 9.71 Å². The van der Waals surface area contributed by atoms with Gasteiger partial charge in [-0.25, -0.2) is 18.1 Å². The maximum atomic E-state index is 12.2. The van der Waals surface area contributed by atoms with E-state index in [0.29, 0.717) is 5.82 Å². The number of aromatic nitrogens is 1. The highest BCUT2D eigenvalue weighted by molar-refractivity contribution is 7.89. The topological polar surface area (TPSA) is 71.1 Å². The molecule has 21 heavy (non-hydrogen) atoms. The summed E-state index contributed by atoms with van der Waals surface area (Å²) < 4.78 is 26.9. The molecule has 0 fully saturated rings. The van der Waals surface area contributed by atoms with Crippen LogP contribution in [0, 0.1) is 6.92 Å². The third kappa shape index (κ3) is 4.27. The van der Waals surface area contributed by atoms with Gasteiger partial charge in [-0.05, 0) is 31.5 Å². The zero-order valence-electron chi connectivity index (χ0n) is 12.1. The Kier molecular flexibility index (Phi) is 4.93. The van der Waals surface area contributed by atoms with Gasteiger partial charge < -0.3 is 5.32 Å². The first kappa shape index (κ1) is 15.5. The van der Waals surface area contributed by atoms with E-state index in [1.54, 1.807) is 12.1 Å². The van der Waals surface area contributed by atoms with Crippen LogP contribution in [0.3, 0.4) is 0 Å². The van der Waals surface area contributed by atoms with Crippen LogP contribution < -0.4 is 10.0 Å². The summed E-state index contributed by atoms with van der Waals surface area (Å²) in [5.41, 5.74) is 2.06. The summed E-state index contributed by atoms with van der Waals surface area (Å²) in [7, 11) is -3.54. The molecule has 5 nitrogen and oxygen atoms in total. The first-order valence-electron chi connectivity index (χ1n) is 6.76. The van der Waals surface area contributed by atoms with E-state index in [2.05, 4.69) is 15.0 Å². The van der Waals surface area contributed by atoms with Gasteiger partial charge in [0.2, 0.25) is 10.0 Å². The summed E-state index contributed by atoms with van der Waals surface area (Å²) in [6.07, 6.45) is 1.36. The zero-order chi connectivity index (χ0) is 15.3. The highest BCUT2D eigenvalue weighted by Crippen LogP contribution is 2.11. The Labute approximate surface area is 125 Å². The molecule has 2 N–H and O–H groups in total. The van der Waals surface area contributed by atoms with E-state index >= 15 is 0 Å². The lowest BCUT2D eigenvalue weighted by molar-refractivity contribution is 0.581. The molecule has 112 valence electrons. The van der Waals surface area contributed by atoms with Crippen LogP contribution in [0.4, 0.5) is 5.82 Å². The van der Waals surface area contributed by atoms with Gasteiger partial charge in [0.25, 0.3) is 0 Å². The van der Waals surface area contributed by atoms with Crippen molar-refractivity contribution in [3.05, 3.63) is 53.7 Å². The molecule has 2 aromatic rings. The van der Waals surface area contributed by atoms with Gasteiger partial charge in [0.1, 0.15) is 10.7 Å². The van der Waals surface area contributed by atoms with Gasteiger partial charge in [0.15, 0.2) is 0 Å². The van der Waals surface area contributed by atoms with Crippen molar-refractivity contribution in [2.45, 2.75) is 25.3 Å². The summed E-state index contributed by atoms with van der Waals surface area (Å²) in [6, 6.07) is 10.9. The maximum Gasteiger partial charge on any atom is 0.242 e. The molecule has 0 atom stereocenters. The van der Waals surface area contributed by atoms with Gasteiger partial charge in [-0.1, -0.05) is 29.8 Å². The lowest BCUT2D eigenvalue weighted by Crippen LogP contribution is -2.23. The van der Waals surface area contributed by atoms with E-state index in [4.69, 9.17) is 0 Å². The average Bonchev–Trinajstić information content (AvgIpc) is 2.48. The molecule has 0 unspecified atom stereocenters. The molecular weight excluding hydrogens is 286 g/mol. The van der Waals surface area contributed by atoms with Crippen molar-refractivity contribution in [3.63, 3.8) is 0 Å². The molecule has 0 spiro atoms. The average molecular weight is 305 g/mol. The minimum atomic E-state index is -3.54. The molecule has 2 rings (SSSR count). The summed E-state index contributed by atoms with van der Waals surface area (Å²) in [4.78, 5) is 4.23. The summed E-state index contributed by atoms with van der Waals surface area (Å²) >= 11 is 0. The molecule has 0 aliphatic heterocycles. The largest absolute Gasteiger partial charge is 0.370 e. The Morgan fingerprint density at radius 3 is 2.38 bits per heavy atom. The Hall–Kier alpha value is -1.92. The van der Waals surface area contributed by atoms with E-state index in [-0.39, 0.29) is 11.4 Å². The first-order chi connectivity index (χ1) is 10.0. The van der Waals surface area contributed by atoms with Crippen molar-refractivity contribution >= 4 is 15.8 Å². The van der Waals surface area contributed by atoms with Crippen LogP contribution >= 0.6 is 0 Å². The Bertz CT molecular complexity index is 680. The molecular formula is C15H19N3O2S. The van der Waals surface area contributed by atoms with Gasteiger partial charge in [-0.2, -0.15) is 0 Å². The summed E-state index contributed by atoms with van der Waals surface area (Å²) in [5.74, 6) is 0.662. The molecule has 1 aromatic heterocycles. The van der Waals surface area contributed by atoms with Crippen molar-refractivity contribution < 1.29 is 8.42 Å². The third-order valence-corrected chi connectivity index (χ3v) is 4.38. The van der Waals surface area contributed by atoms with Crippen LogP contribution in [-0.2, 0) is 16.6 Å². The van der Waals surface area contributed by atoms with Crippen LogP contribution in [0.1, 0.15) is 18.1 Å². The van der Waals surface area contributed by atoms with Crippen LogP contribution in [0.5, 0.6) is 0 Å². The van der Waals surface area contributed by atoms with E-state index in [9.17, 15) is 8.42 Å². The van der Waals surface area contributed by atoms with Crippen molar-refractivity contribution in [2.24, 2.45) is 0 Å². The van der Waals surface area contributed by atoms with Gasteiger partial charge in [0.05, 0.1) is 0 Å². The van der Waals surface area contributed by atoms with Crippen LogP contribution in [0.15, 0.2) is 47.5 Å². The number of pyridine rings is 1. The molecule has 0 amide bonds. The second kappa shape index (κ2) is 6.69. The molecule has 0 radical (unpaired) electrons. The normalized spacial score (nSPS) is 11.3. The van der Waals surface area contributed by atoms with E-state index in [0.717, 1.165) is 17.7 Å². The van der Waals surface area contributed by atoms with Gasteiger partial charge in [-0.15, -0.1) is 0 Å². The second-order valence-corrected chi connectivity index (χ2v) is 6.49. The number of aryl methyl sites for hydroxylation is 1. The standard InChI is InChI=1S/C15H19N3O2S/c1-3-16-15-9-8-14(11-17-15)21(19,20)18-10-13-6-4-12(2)5-7-13/h4-9,11,18H,3,10H2,1-2H3,(H,16,17). The number of anilines is 1. The van der Waals surface area contributed by atoms with Crippen LogP contribution in [0.25, 0.3) is 0 Å². The van der Waals surface area contributed by atoms with Gasteiger partial charge >= 0.3 is 0 Å². The molecule has 6 heteroatoms. The number of sulfonamides is 1. The smallest absolute Gasteiger partial charge is 0.242 e.